The Hall–Kier alpha value is -1.63. The zero-order valence-corrected chi connectivity index (χ0v) is 24.3. The van der Waals surface area contributed by atoms with Gasteiger partial charge in [0.15, 0.2) is 22.5 Å². The van der Waals surface area contributed by atoms with Gasteiger partial charge in [-0.3, -0.25) is 4.57 Å². The summed E-state index contributed by atoms with van der Waals surface area (Å²) in [6.45, 7) is 25.6. The SMILES string of the molecule is C[C@@H](O[Si](C)(C)C(C)(C)C)[C@H](CO[Si](C)(C)C(C)(C)C)Cn1ccc(-n2cncn2)nc1=O. The van der Waals surface area contributed by atoms with Crippen molar-refractivity contribution in [1.82, 2.24) is 24.3 Å². The Morgan fingerprint density at radius 1 is 1.03 bits per heavy atom. The minimum atomic E-state index is -1.98. The fraction of sp³-hybridized carbons (Fsp3) is 0.739. The monoisotopic (exact) mass is 493 g/mol. The molecule has 0 fully saturated rings. The van der Waals surface area contributed by atoms with Gasteiger partial charge in [-0.15, -0.1) is 0 Å². The molecule has 0 spiro atoms. The van der Waals surface area contributed by atoms with Gasteiger partial charge in [-0.05, 0) is 49.3 Å². The Bertz CT molecular complexity index is 960. The molecule has 186 valence electrons. The third-order valence-electron chi connectivity index (χ3n) is 7.36. The molecule has 33 heavy (non-hydrogen) atoms. The summed E-state index contributed by atoms with van der Waals surface area (Å²) in [6.07, 6.45) is 4.65. The maximum absolute atomic E-state index is 12.8. The van der Waals surface area contributed by atoms with Crippen molar-refractivity contribution in [3.8, 4) is 5.82 Å². The van der Waals surface area contributed by atoms with Crippen LogP contribution in [0.1, 0.15) is 48.5 Å². The van der Waals surface area contributed by atoms with Gasteiger partial charge in [0.2, 0.25) is 0 Å². The van der Waals surface area contributed by atoms with E-state index in [9.17, 15) is 4.79 Å². The molecule has 0 aliphatic rings. The third-order valence-corrected chi connectivity index (χ3v) is 16.4. The van der Waals surface area contributed by atoms with Crippen LogP contribution >= 0.6 is 0 Å². The molecule has 0 aliphatic heterocycles. The van der Waals surface area contributed by atoms with E-state index in [0.717, 1.165) is 0 Å². The molecule has 2 aromatic heterocycles. The molecule has 2 heterocycles. The van der Waals surface area contributed by atoms with Crippen molar-refractivity contribution < 1.29 is 8.85 Å². The summed E-state index contributed by atoms with van der Waals surface area (Å²) in [4.78, 5) is 20.9. The van der Waals surface area contributed by atoms with Gasteiger partial charge >= 0.3 is 5.69 Å². The smallest absolute Gasteiger partial charge is 0.349 e. The van der Waals surface area contributed by atoms with Gasteiger partial charge in [-0.1, -0.05) is 41.5 Å². The number of hydrogen-bond donors (Lipinski definition) is 0. The summed E-state index contributed by atoms with van der Waals surface area (Å²) in [6, 6.07) is 1.78. The Labute approximate surface area is 201 Å². The summed E-state index contributed by atoms with van der Waals surface area (Å²) in [5.41, 5.74) is -0.320. The lowest BCUT2D eigenvalue weighted by Crippen LogP contribution is -2.48. The van der Waals surface area contributed by atoms with Crippen molar-refractivity contribution in [3.63, 3.8) is 0 Å². The fourth-order valence-electron chi connectivity index (χ4n) is 2.87. The van der Waals surface area contributed by atoms with E-state index >= 15 is 0 Å². The van der Waals surface area contributed by atoms with Crippen molar-refractivity contribution >= 4 is 16.6 Å². The Morgan fingerprint density at radius 3 is 2.12 bits per heavy atom. The second kappa shape index (κ2) is 9.93. The predicted octanol–water partition coefficient (Wildman–Crippen LogP) is 4.87. The van der Waals surface area contributed by atoms with E-state index in [1.807, 2.05) is 0 Å². The molecule has 0 aromatic carbocycles. The molecule has 8 nitrogen and oxygen atoms in total. The number of nitrogens with zero attached hydrogens (tertiary/aromatic N) is 5. The van der Waals surface area contributed by atoms with E-state index in [4.69, 9.17) is 8.85 Å². The van der Waals surface area contributed by atoms with Gasteiger partial charge in [-0.2, -0.15) is 10.1 Å². The highest BCUT2D eigenvalue weighted by Gasteiger charge is 2.41. The first kappa shape index (κ1) is 27.6. The number of hydrogen-bond acceptors (Lipinski definition) is 6. The van der Waals surface area contributed by atoms with Gasteiger partial charge < -0.3 is 8.85 Å². The van der Waals surface area contributed by atoms with Crippen LogP contribution in [0, 0.1) is 5.92 Å². The first-order valence-corrected chi connectivity index (χ1v) is 17.5. The van der Waals surface area contributed by atoms with Crippen molar-refractivity contribution in [2.24, 2.45) is 5.92 Å². The van der Waals surface area contributed by atoms with E-state index < -0.39 is 16.6 Å². The number of aromatic nitrogens is 5. The molecule has 2 rings (SSSR count). The molecule has 0 N–H and O–H groups in total. The maximum atomic E-state index is 12.8. The zero-order chi connectivity index (χ0) is 25.2. The van der Waals surface area contributed by atoms with Crippen LogP contribution in [0.2, 0.25) is 36.3 Å². The first-order chi connectivity index (χ1) is 14.9. The quantitative estimate of drug-likeness (QED) is 0.463. The van der Waals surface area contributed by atoms with Crippen LogP contribution < -0.4 is 5.69 Å². The average molecular weight is 494 g/mol. The molecular formula is C23H43N5O3Si2. The lowest BCUT2D eigenvalue weighted by Gasteiger charge is -2.42. The maximum Gasteiger partial charge on any atom is 0.349 e. The van der Waals surface area contributed by atoms with Crippen molar-refractivity contribution in [2.45, 2.75) is 97.4 Å². The van der Waals surface area contributed by atoms with Crippen molar-refractivity contribution in [1.29, 1.82) is 0 Å². The highest BCUT2D eigenvalue weighted by Crippen LogP contribution is 2.39. The first-order valence-electron chi connectivity index (χ1n) is 11.7. The molecule has 2 aromatic rings. The third kappa shape index (κ3) is 6.94. The summed E-state index contributed by atoms with van der Waals surface area (Å²) in [5, 5.41) is 4.26. The fourth-order valence-corrected chi connectivity index (χ4v) is 5.41. The summed E-state index contributed by atoms with van der Waals surface area (Å²) < 4.78 is 16.4. The van der Waals surface area contributed by atoms with E-state index in [0.29, 0.717) is 19.0 Å². The van der Waals surface area contributed by atoms with E-state index in [-0.39, 0.29) is 27.8 Å². The highest BCUT2D eigenvalue weighted by atomic mass is 28.4. The lowest BCUT2D eigenvalue weighted by molar-refractivity contribution is 0.0801. The van der Waals surface area contributed by atoms with Gasteiger partial charge in [0.05, 0.1) is 0 Å². The molecular weight excluding hydrogens is 450 g/mol. The van der Waals surface area contributed by atoms with Crippen LogP contribution in [0.25, 0.3) is 5.82 Å². The topological polar surface area (TPSA) is 84.1 Å². The second-order valence-corrected chi connectivity index (χ2v) is 21.5. The number of rotatable bonds is 9. The van der Waals surface area contributed by atoms with Gasteiger partial charge in [0.25, 0.3) is 0 Å². The van der Waals surface area contributed by atoms with E-state index in [1.54, 1.807) is 16.8 Å². The minimum Gasteiger partial charge on any atom is -0.416 e. The van der Waals surface area contributed by atoms with Crippen molar-refractivity contribution in [3.05, 3.63) is 35.4 Å². The Morgan fingerprint density at radius 2 is 1.64 bits per heavy atom. The zero-order valence-electron chi connectivity index (χ0n) is 22.3. The van der Waals surface area contributed by atoms with Crippen LogP contribution in [0.5, 0.6) is 0 Å². The van der Waals surface area contributed by atoms with Gasteiger partial charge in [-0.25, -0.2) is 14.5 Å². The molecule has 2 atom stereocenters. The summed E-state index contributed by atoms with van der Waals surface area (Å²) in [5.74, 6) is 0.471. The highest BCUT2D eigenvalue weighted by molar-refractivity contribution is 6.74. The largest absolute Gasteiger partial charge is 0.416 e. The molecule has 0 bridgehead atoms. The molecule has 0 saturated heterocycles. The van der Waals surface area contributed by atoms with Gasteiger partial charge in [0.1, 0.15) is 12.7 Å². The molecule has 0 amide bonds. The molecule has 0 unspecified atom stereocenters. The van der Waals surface area contributed by atoms with Crippen molar-refractivity contribution in [2.75, 3.05) is 6.61 Å². The molecule has 10 heteroatoms. The van der Waals surface area contributed by atoms with Crippen LogP contribution in [-0.4, -0.2) is 53.7 Å². The van der Waals surface area contributed by atoms with E-state index in [1.165, 1.54) is 17.3 Å². The van der Waals surface area contributed by atoms with Crippen LogP contribution in [0.4, 0.5) is 0 Å². The van der Waals surface area contributed by atoms with Crippen LogP contribution in [0.3, 0.4) is 0 Å². The summed E-state index contributed by atoms with van der Waals surface area (Å²) in [7, 11) is -3.93. The van der Waals surface area contributed by atoms with Crippen LogP contribution in [0.15, 0.2) is 29.7 Å². The normalized spacial score (nSPS) is 15.5. The summed E-state index contributed by atoms with van der Waals surface area (Å²) >= 11 is 0. The molecule has 0 saturated carbocycles. The Balaban J connectivity index is 2.29. The minimum absolute atomic E-state index is 0.0185. The van der Waals surface area contributed by atoms with E-state index in [2.05, 4.69) is 89.7 Å². The lowest BCUT2D eigenvalue weighted by atomic mass is 10.1. The standard InChI is InChI=1S/C23H43N5O3Si2/c1-18(31-33(10,11)23(5,6)7)19(15-30-32(8,9)22(2,3)4)14-27-13-12-20(26-21(27)29)28-17-24-16-25-28/h12-13,16-19H,14-15H2,1-11H3/t18-,19+/m1/s1. The Kier molecular flexibility index (Phi) is 8.31. The van der Waals surface area contributed by atoms with Gasteiger partial charge in [0, 0.05) is 31.4 Å². The predicted molar refractivity (Wildman–Crippen MR) is 138 cm³/mol. The molecule has 0 radical (unpaired) electrons. The molecule has 0 aliphatic carbocycles. The second-order valence-electron chi connectivity index (χ2n) is 12.0. The van der Waals surface area contributed by atoms with Crippen LogP contribution in [-0.2, 0) is 15.4 Å². The average Bonchev–Trinajstić information content (AvgIpc) is 3.18.